The number of benzene rings is 1. The second kappa shape index (κ2) is 6.01. The van der Waals surface area contributed by atoms with Gasteiger partial charge >= 0.3 is 0 Å². The lowest BCUT2D eigenvalue weighted by Gasteiger charge is -2.11. The zero-order valence-corrected chi connectivity index (χ0v) is 14.4. The van der Waals surface area contributed by atoms with Crippen molar-refractivity contribution in [1.82, 2.24) is 14.9 Å². The Morgan fingerprint density at radius 2 is 2.08 bits per heavy atom. The van der Waals surface area contributed by atoms with Gasteiger partial charge in [-0.05, 0) is 25.1 Å². The van der Waals surface area contributed by atoms with E-state index in [1.165, 1.54) is 23.9 Å². The Balaban J connectivity index is 1.69. The van der Waals surface area contributed by atoms with Gasteiger partial charge in [0.05, 0.1) is 9.95 Å². The number of aryl methyl sites for hydroxylation is 1. The maximum Gasteiger partial charge on any atom is 0.270 e. The van der Waals surface area contributed by atoms with E-state index in [1.54, 1.807) is 22.9 Å². The molecular weight excluding hydrogens is 366 g/mol. The number of aromatic nitrogens is 3. The largest absolute Gasteiger partial charge is 0.455 e. The first-order valence-electron chi connectivity index (χ1n) is 7.20. The normalized spacial score (nSPS) is 13.4. The molecule has 0 saturated heterocycles. The molecule has 0 amide bonds. The molecule has 0 fully saturated rings. The maximum atomic E-state index is 10.8. The summed E-state index contributed by atoms with van der Waals surface area (Å²) < 4.78 is 7.54. The van der Waals surface area contributed by atoms with Crippen LogP contribution in [-0.4, -0.2) is 31.3 Å². The number of halogens is 1. The lowest BCUT2D eigenvalue weighted by Crippen LogP contribution is -2.13. The van der Waals surface area contributed by atoms with Gasteiger partial charge < -0.3 is 4.42 Å². The number of nitro benzene ring substituents is 1. The van der Waals surface area contributed by atoms with Crippen molar-refractivity contribution >= 4 is 34.8 Å². The van der Waals surface area contributed by atoms with E-state index in [0.29, 0.717) is 28.7 Å². The Bertz CT molecular complexity index is 1030. The minimum absolute atomic E-state index is 0.0656. The fourth-order valence-corrected chi connectivity index (χ4v) is 3.53. The van der Waals surface area contributed by atoms with Crippen LogP contribution in [0.15, 0.2) is 45.0 Å². The number of non-ortho nitro benzene ring substituents is 1. The van der Waals surface area contributed by atoms with Gasteiger partial charge in [-0.25, -0.2) is 0 Å². The number of hydrogen-bond donors (Lipinski definition) is 0. The number of furan rings is 1. The average molecular weight is 376 g/mol. The molecule has 0 aliphatic carbocycles. The van der Waals surface area contributed by atoms with Gasteiger partial charge in [0, 0.05) is 23.4 Å². The molecule has 3 heterocycles. The van der Waals surface area contributed by atoms with Gasteiger partial charge in [0.1, 0.15) is 11.5 Å². The van der Waals surface area contributed by atoms with Crippen LogP contribution in [0.1, 0.15) is 11.6 Å². The van der Waals surface area contributed by atoms with Crippen molar-refractivity contribution in [3.63, 3.8) is 0 Å². The number of nitro groups is 1. The summed E-state index contributed by atoms with van der Waals surface area (Å²) >= 11 is 7.68. The average Bonchev–Trinajstić information content (AvgIpc) is 3.22. The van der Waals surface area contributed by atoms with Crippen LogP contribution in [0, 0.1) is 17.0 Å². The molecule has 3 aromatic rings. The molecule has 126 valence electrons. The van der Waals surface area contributed by atoms with E-state index in [0.717, 1.165) is 10.9 Å². The summed E-state index contributed by atoms with van der Waals surface area (Å²) in [7, 11) is 0. The van der Waals surface area contributed by atoms with Crippen LogP contribution in [0.4, 0.5) is 5.69 Å². The van der Waals surface area contributed by atoms with E-state index in [1.807, 2.05) is 6.92 Å². The van der Waals surface area contributed by atoms with E-state index in [9.17, 15) is 10.1 Å². The van der Waals surface area contributed by atoms with Crippen molar-refractivity contribution in [3.05, 3.63) is 57.1 Å². The fraction of sp³-hybridized carbons (Fsp3) is 0.133. The molecule has 1 aromatic carbocycles. The second-order valence-electron chi connectivity index (χ2n) is 5.26. The quantitative estimate of drug-likeness (QED) is 0.510. The van der Waals surface area contributed by atoms with Gasteiger partial charge in [-0.2, -0.15) is 9.78 Å². The van der Waals surface area contributed by atoms with Gasteiger partial charge in [-0.1, -0.05) is 23.4 Å². The fourth-order valence-electron chi connectivity index (χ4n) is 2.40. The van der Waals surface area contributed by atoms with Gasteiger partial charge in [-0.3, -0.25) is 10.1 Å². The molecule has 8 nitrogen and oxygen atoms in total. The zero-order valence-electron chi connectivity index (χ0n) is 12.8. The lowest BCUT2D eigenvalue weighted by molar-refractivity contribution is -0.384. The van der Waals surface area contributed by atoms with Crippen LogP contribution in [0.3, 0.4) is 0 Å². The van der Waals surface area contributed by atoms with E-state index in [-0.39, 0.29) is 10.7 Å². The van der Waals surface area contributed by atoms with Crippen molar-refractivity contribution in [3.8, 4) is 11.3 Å². The minimum atomic E-state index is -0.490. The highest BCUT2D eigenvalue weighted by atomic mass is 35.5. The summed E-state index contributed by atoms with van der Waals surface area (Å²) in [5.41, 5.74) is 1.28. The topological polar surface area (TPSA) is 99.3 Å². The van der Waals surface area contributed by atoms with Gasteiger partial charge in [0.2, 0.25) is 5.16 Å². The monoisotopic (exact) mass is 375 g/mol. The van der Waals surface area contributed by atoms with Crippen LogP contribution in [0.25, 0.3) is 11.3 Å². The number of nitrogens with zero attached hydrogens (tertiary/aromatic N) is 5. The first-order chi connectivity index (χ1) is 12.0. The van der Waals surface area contributed by atoms with Crippen molar-refractivity contribution in [2.75, 3.05) is 5.75 Å². The molecule has 0 bridgehead atoms. The third-order valence-electron chi connectivity index (χ3n) is 3.65. The van der Waals surface area contributed by atoms with Gasteiger partial charge in [-0.15, -0.1) is 10.2 Å². The summed E-state index contributed by atoms with van der Waals surface area (Å²) in [4.78, 5) is 10.3. The van der Waals surface area contributed by atoms with Gasteiger partial charge in [0.25, 0.3) is 5.69 Å². The maximum absolute atomic E-state index is 10.8. The van der Waals surface area contributed by atoms with Crippen LogP contribution in [0.5, 0.6) is 0 Å². The van der Waals surface area contributed by atoms with Crippen molar-refractivity contribution < 1.29 is 9.34 Å². The first kappa shape index (κ1) is 15.9. The predicted octanol–water partition coefficient (Wildman–Crippen LogP) is 3.77. The molecular formula is C15H10ClN5O3S. The summed E-state index contributed by atoms with van der Waals surface area (Å²) in [6.45, 7) is 1.83. The minimum Gasteiger partial charge on any atom is -0.455 e. The summed E-state index contributed by atoms with van der Waals surface area (Å²) in [6, 6.07) is 7.84. The van der Waals surface area contributed by atoms with E-state index >= 15 is 0 Å². The van der Waals surface area contributed by atoms with E-state index in [2.05, 4.69) is 15.3 Å². The summed E-state index contributed by atoms with van der Waals surface area (Å²) in [5.74, 6) is 2.44. The standard InChI is InChI=1S/C15H10ClN5O3S/c1-8-17-18-15-20(8)19-12(7-25-15)14-5-4-13(24-14)10-3-2-9(21(22)23)6-11(10)16/h2-6H,7H2,1H3. The number of fused-ring (bicyclic) bond motifs is 1. The Kier molecular flexibility index (Phi) is 3.81. The molecule has 2 aromatic heterocycles. The van der Waals surface area contributed by atoms with Crippen LogP contribution >= 0.6 is 23.4 Å². The second-order valence-corrected chi connectivity index (χ2v) is 6.61. The Morgan fingerprint density at radius 1 is 1.28 bits per heavy atom. The van der Waals surface area contributed by atoms with Gasteiger partial charge in [0.15, 0.2) is 11.6 Å². The van der Waals surface area contributed by atoms with E-state index < -0.39 is 4.92 Å². The molecule has 10 heteroatoms. The van der Waals surface area contributed by atoms with E-state index in [4.69, 9.17) is 16.0 Å². The van der Waals surface area contributed by atoms with Crippen molar-refractivity contribution in [2.45, 2.75) is 12.1 Å². The van der Waals surface area contributed by atoms with Crippen LogP contribution in [-0.2, 0) is 0 Å². The molecule has 1 aliphatic heterocycles. The lowest BCUT2D eigenvalue weighted by atomic mass is 10.1. The predicted molar refractivity (Wildman–Crippen MR) is 93.2 cm³/mol. The van der Waals surface area contributed by atoms with Crippen LogP contribution in [0.2, 0.25) is 5.02 Å². The molecule has 4 rings (SSSR count). The molecule has 0 saturated carbocycles. The SMILES string of the molecule is Cc1nnc2n1N=C(c1ccc(-c3ccc([N+](=O)[O-])cc3Cl)o1)CS2. The Hall–Kier alpha value is -2.65. The summed E-state index contributed by atoms with van der Waals surface area (Å²) in [5, 5.41) is 24.4. The molecule has 0 radical (unpaired) electrons. The highest BCUT2D eigenvalue weighted by Gasteiger charge is 2.21. The first-order valence-corrected chi connectivity index (χ1v) is 8.56. The number of thioether (sulfide) groups is 1. The molecule has 0 N–H and O–H groups in total. The molecule has 25 heavy (non-hydrogen) atoms. The number of hydrogen-bond acceptors (Lipinski definition) is 7. The van der Waals surface area contributed by atoms with Crippen molar-refractivity contribution in [1.29, 1.82) is 0 Å². The molecule has 0 atom stereocenters. The Morgan fingerprint density at radius 3 is 2.84 bits per heavy atom. The number of rotatable bonds is 3. The molecule has 1 aliphatic rings. The highest BCUT2D eigenvalue weighted by molar-refractivity contribution is 7.99. The van der Waals surface area contributed by atoms with Crippen LogP contribution < -0.4 is 0 Å². The summed E-state index contributed by atoms with van der Waals surface area (Å²) in [6.07, 6.45) is 0. The van der Waals surface area contributed by atoms with Crippen molar-refractivity contribution in [2.24, 2.45) is 5.10 Å². The highest BCUT2D eigenvalue weighted by Crippen LogP contribution is 2.33. The third kappa shape index (κ3) is 2.81. The third-order valence-corrected chi connectivity index (χ3v) is 4.89. The smallest absolute Gasteiger partial charge is 0.270 e. The Labute approximate surface area is 150 Å². The molecule has 0 unspecified atom stereocenters. The molecule has 0 spiro atoms. The zero-order chi connectivity index (χ0) is 17.6.